The molecule has 0 amide bonds. The molecule has 2 N–H and O–H groups in total. The van der Waals surface area contributed by atoms with Crippen LogP contribution in [0.4, 0.5) is 5.82 Å². The monoisotopic (exact) mass is 329 g/mol. The summed E-state index contributed by atoms with van der Waals surface area (Å²) in [6.07, 6.45) is 12.4. The van der Waals surface area contributed by atoms with Crippen molar-refractivity contribution in [1.29, 1.82) is 0 Å². The Hall–Kier alpha value is -3.54. The highest BCUT2D eigenvalue weighted by Gasteiger charge is 2.13. The Balaban J connectivity index is 1.90. The summed E-state index contributed by atoms with van der Waals surface area (Å²) in [6, 6.07) is 9.64. The van der Waals surface area contributed by atoms with E-state index < -0.39 is 0 Å². The zero-order chi connectivity index (χ0) is 17.1. The molecular formula is C19H15N5O. The number of rotatable bonds is 3. The smallest absolute Gasteiger partial charge is 0.277 e. The molecule has 0 aliphatic heterocycles. The van der Waals surface area contributed by atoms with Crippen LogP contribution in [0.15, 0.2) is 77.4 Å². The molecule has 0 radical (unpaired) electrons. The normalized spacial score (nSPS) is 13.5. The van der Waals surface area contributed by atoms with Crippen molar-refractivity contribution >= 4 is 16.7 Å². The predicted octanol–water partition coefficient (Wildman–Crippen LogP) is 3.19. The molecule has 25 heavy (non-hydrogen) atoms. The van der Waals surface area contributed by atoms with Gasteiger partial charge in [0.15, 0.2) is 5.82 Å². The Labute approximate surface area is 143 Å². The van der Waals surface area contributed by atoms with Crippen LogP contribution in [-0.4, -0.2) is 20.2 Å². The predicted molar refractivity (Wildman–Crippen MR) is 98.0 cm³/mol. The molecule has 0 atom stereocenters. The standard InChI is InChI=1S/C19H15N5O/c25-19-16-15(12-20-24-19)22-17(13-8-4-3-5-9-13)23-18(16)21-14-10-6-1-2-7-11-14/h1,3-12H,2H2,(H,24,25)(H,21,22,23). The van der Waals surface area contributed by atoms with Crippen molar-refractivity contribution in [3.63, 3.8) is 0 Å². The van der Waals surface area contributed by atoms with Gasteiger partial charge in [0.1, 0.15) is 16.7 Å². The zero-order valence-corrected chi connectivity index (χ0v) is 13.3. The van der Waals surface area contributed by atoms with Crippen LogP contribution in [0.3, 0.4) is 0 Å². The van der Waals surface area contributed by atoms with E-state index in [0.717, 1.165) is 17.7 Å². The SMILES string of the molecule is O=c1[nH]ncc2nc(-c3ccccc3)nc(NC3=CC=CCC=C3)c12. The van der Waals surface area contributed by atoms with Crippen LogP contribution < -0.4 is 10.9 Å². The van der Waals surface area contributed by atoms with E-state index in [9.17, 15) is 4.79 Å². The first kappa shape index (κ1) is 15.0. The molecule has 6 heteroatoms. The first-order valence-corrected chi connectivity index (χ1v) is 7.92. The second-order valence-corrected chi connectivity index (χ2v) is 5.53. The summed E-state index contributed by atoms with van der Waals surface area (Å²) < 4.78 is 0. The number of nitrogens with zero attached hydrogens (tertiary/aromatic N) is 3. The van der Waals surface area contributed by atoms with Crippen LogP contribution in [-0.2, 0) is 0 Å². The Morgan fingerprint density at radius 1 is 1.08 bits per heavy atom. The summed E-state index contributed by atoms with van der Waals surface area (Å²) in [6.45, 7) is 0. The van der Waals surface area contributed by atoms with Gasteiger partial charge < -0.3 is 5.32 Å². The molecule has 0 fully saturated rings. The third kappa shape index (κ3) is 3.10. The van der Waals surface area contributed by atoms with Crippen LogP contribution in [0, 0.1) is 0 Å². The number of hydrogen-bond acceptors (Lipinski definition) is 5. The van der Waals surface area contributed by atoms with E-state index in [4.69, 9.17) is 0 Å². The maximum Gasteiger partial charge on any atom is 0.277 e. The lowest BCUT2D eigenvalue weighted by molar-refractivity contribution is 1.00. The van der Waals surface area contributed by atoms with Gasteiger partial charge in [-0.05, 0) is 18.6 Å². The molecule has 2 aromatic heterocycles. The van der Waals surface area contributed by atoms with Gasteiger partial charge in [-0.15, -0.1) is 0 Å². The molecular weight excluding hydrogens is 314 g/mol. The van der Waals surface area contributed by atoms with Crippen LogP contribution in [0.2, 0.25) is 0 Å². The Kier molecular flexibility index (Phi) is 3.92. The van der Waals surface area contributed by atoms with Gasteiger partial charge in [0.25, 0.3) is 5.56 Å². The maximum atomic E-state index is 12.3. The van der Waals surface area contributed by atoms with Crippen molar-refractivity contribution < 1.29 is 0 Å². The van der Waals surface area contributed by atoms with E-state index in [2.05, 4.69) is 31.6 Å². The number of H-pyrrole nitrogens is 1. The van der Waals surface area contributed by atoms with Crippen LogP contribution in [0.5, 0.6) is 0 Å². The van der Waals surface area contributed by atoms with E-state index in [1.54, 1.807) is 0 Å². The molecule has 122 valence electrons. The minimum atomic E-state index is -0.326. The van der Waals surface area contributed by atoms with E-state index in [1.807, 2.05) is 54.6 Å². The van der Waals surface area contributed by atoms with Gasteiger partial charge in [-0.1, -0.05) is 48.6 Å². The van der Waals surface area contributed by atoms with Crippen molar-refractivity contribution in [3.05, 3.63) is 83.0 Å². The number of aromatic amines is 1. The van der Waals surface area contributed by atoms with Crippen LogP contribution in [0.25, 0.3) is 22.3 Å². The minimum Gasteiger partial charge on any atom is -0.339 e. The summed E-state index contributed by atoms with van der Waals surface area (Å²) in [5, 5.41) is 9.93. The summed E-state index contributed by atoms with van der Waals surface area (Å²) in [7, 11) is 0. The van der Waals surface area contributed by atoms with Gasteiger partial charge in [-0.2, -0.15) is 5.10 Å². The highest BCUT2D eigenvalue weighted by atomic mass is 16.1. The van der Waals surface area contributed by atoms with Crippen molar-refractivity contribution in [2.24, 2.45) is 0 Å². The van der Waals surface area contributed by atoms with Crippen molar-refractivity contribution in [1.82, 2.24) is 20.2 Å². The number of nitrogens with one attached hydrogen (secondary N) is 2. The number of benzene rings is 1. The molecule has 2 heterocycles. The second-order valence-electron chi connectivity index (χ2n) is 5.53. The second kappa shape index (κ2) is 6.52. The summed E-state index contributed by atoms with van der Waals surface area (Å²) in [4.78, 5) is 21.3. The van der Waals surface area contributed by atoms with Gasteiger partial charge in [-0.25, -0.2) is 15.1 Å². The fourth-order valence-electron chi connectivity index (χ4n) is 2.61. The average molecular weight is 329 g/mol. The summed E-state index contributed by atoms with van der Waals surface area (Å²) in [5.74, 6) is 0.996. The van der Waals surface area contributed by atoms with Crippen molar-refractivity contribution in [3.8, 4) is 11.4 Å². The van der Waals surface area contributed by atoms with Crippen LogP contribution in [0.1, 0.15) is 6.42 Å². The molecule has 0 spiro atoms. The van der Waals surface area contributed by atoms with Crippen LogP contribution >= 0.6 is 0 Å². The molecule has 0 saturated heterocycles. The largest absolute Gasteiger partial charge is 0.339 e. The van der Waals surface area contributed by atoms with Crippen molar-refractivity contribution in [2.45, 2.75) is 6.42 Å². The quantitative estimate of drug-likeness (QED) is 0.771. The molecule has 0 saturated carbocycles. The van der Waals surface area contributed by atoms with E-state index in [0.29, 0.717) is 22.5 Å². The first-order valence-electron chi connectivity index (χ1n) is 7.92. The van der Waals surface area contributed by atoms with Gasteiger partial charge in [0, 0.05) is 11.3 Å². The number of hydrogen-bond donors (Lipinski definition) is 2. The Morgan fingerprint density at radius 3 is 2.84 bits per heavy atom. The number of aromatic nitrogens is 4. The number of fused-ring (bicyclic) bond motifs is 1. The average Bonchev–Trinajstić information content (AvgIpc) is 2.91. The van der Waals surface area contributed by atoms with E-state index >= 15 is 0 Å². The molecule has 3 aromatic rings. The number of allylic oxidation sites excluding steroid dienone is 5. The lowest BCUT2D eigenvalue weighted by Crippen LogP contribution is -2.13. The first-order chi connectivity index (χ1) is 12.3. The van der Waals surface area contributed by atoms with E-state index in [-0.39, 0.29) is 5.56 Å². The van der Waals surface area contributed by atoms with E-state index in [1.165, 1.54) is 6.20 Å². The molecule has 1 aliphatic rings. The molecule has 4 rings (SSSR count). The fourth-order valence-corrected chi connectivity index (χ4v) is 2.61. The van der Waals surface area contributed by atoms with Gasteiger partial charge in [-0.3, -0.25) is 4.79 Å². The third-order valence-electron chi connectivity index (χ3n) is 3.79. The molecule has 0 unspecified atom stereocenters. The number of anilines is 1. The minimum absolute atomic E-state index is 0.326. The Morgan fingerprint density at radius 2 is 1.96 bits per heavy atom. The third-order valence-corrected chi connectivity index (χ3v) is 3.79. The summed E-state index contributed by atoms with van der Waals surface area (Å²) in [5.41, 5.74) is 1.89. The molecule has 1 aliphatic carbocycles. The van der Waals surface area contributed by atoms with Crippen molar-refractivity contribution in [2.75, 3.05) is 5.32 Å². The molecule has 6 nitrogen and oxygen atoms in total. The highest BCUT2D eigenvalue weighted by Crippen LogP contribution is 2.23. The maximum absolute atomic E-state index is 12.3. The summed E-state index contributed by atoms with van der Waals surface area (Å²) >= 11 is 0. The lowest BCUT2D eigenvalue weighted by atomic mass is 10.2. The highest BCUT2D eigenvalue weighted by molar-refractivity contribution is 5.90. The topological polar surface area (TPSA) is 83.6 Å². The Bertz CT molecular complexity index is 1060. The van der Waals surface area contributed by atoms with Gasteiger partial charge in [0.2, 0.25) is 0 Å². The van der Waals surface area contributed by atoms with Gasteiger partial charge >= 0.3 is 0 Å². The molecule has 0 bridgehead atoms. The lowest BCUT2D eigenvalue weighted by Gasteiger charge is -2.10. The zero-order valence-electron chi connectivity index (χ0n) is 13.3. The van der Waals surface area contributed by atoms with Gasteiger partial charge in [0.05, 0.1) is 6.20 Å². The molecule has 1 aromatic carbocycles. The fraction of sp³-hybridized carbons (Fsp3) is 0.0526.